The minimum Gasteiger partial charge on any atom is -0.382 e. The van der Waals surface area contributed by atoms with Crippen LogP contribution in [-0.2, 0) is 0 Å². The molecule has 82 valence electrons. The van der Waals surface area contributed by atoms with E-state index in [2.05, 4.69) is 21.3 Å². The molecule has 4 nitrogen and oxygen atoms in total. The zero-order valence-electron chi connectivity index (χ0n) is 9.03. The topological polar surface area (TPSA) is 67.6 Å². The Balaban J connectivity index is 2.07. The molecular formula is C12H14N4. The molecule has 0 amide bonds. The number of pyridine rings is 1. The summed E-state index contributed by atoms with van der Waals surface area (Å²) in [4.78, 5) is 4.55. The predicted molar refractivity (Wildman–Crippen MR) is 64.7 cm³/mol. The molecule has 0 unspecified atom stereocenters. The number of nitrogens with one attached hydrogen (secondary N) is 1. The van der Waals surface area contributed by atoms with Gasteiger partial charge in [0.1, 0.15) is 0 Å². The van der Waals surface area contributed by atoms with Crippen LogP contribution in [0.4, 0.5) is 5.82 Å². The number of anilines is 1. The predicted octanol–water partition coefficient (Wildman–Crippen LogP) is 2.50. The fourth-order valence-corrected chi connectivity index (χ4v) is 2.17. The fourth-order valence-electron chi connectivity index (χ4n) is 2.17. The third kappa shape index (κ3) is 1.46. The van der Waals surface area contributed by atoms with Crippen molar-refractivity contribution in [2.45, 2.75) is 25.7 Å². The van der Waals surface area contributed by atoms with E-state index in [-0.39, 0.29) is 0 Å². The van der Waals surface area contributed by atoms with Crippen molar-refractivity contribution in [1.29, 1.82) is 0 Å². The van der Waals surface area contributed by atoms with Crippen molar-refractivity contribution in [3.8, 4) is 0 Å². The molecule has 2 aromatic rings. The van der Waals surface area contributed by atoms with E-state index in [1.54, 1.807) is 0 Å². The molecule has 2 aromatic heterocycles. The SMILES string of the molecule is Nc1n[nH]c2nc(C3=CCCCC3)ccc12. The standard InChI is InChI=1S/C12H14N4/c13-11-9-6-7-10(14-12(9)16-15-11)8-4-2-1-3-5-8/h4,6-7H,1-3,5H2,(H3,13,14,15,16). The van der Waals surface area contributed by atoms with Gasteiger partial charge in [0.15, 0.2) is 11.5 Å². The first kappa shape index (κ1) is 9.39. The van der Waals surface area contributed by atoms with Crippen molar-refractivity contribution in [2.75, 3.05) is 5.73 Å². The molecule has 0 fully saturated rings. The van der Waals surface area contributed by atoms with Crippen LogP contribution in [0.25, 0.3) is 16.6 Å². The van der Waals surface area contributed by atoms with Crippen molar-refractivity contribution >= 4 is 22.4 Å². The average Bonchev–Trinajstić information content (AvgIpc) is 2.72. The number of aromatic nitrogens is 3. The highest BCUT2D eigenvalue weighted by atomic mass is 15.2. The van der Waals surface area contributed by atoms with Gasteiger partial charge in [-0.05, 0) is 43.4 Å². The van der Waals surface area contributed by atoms with E-state index in [9.17, 15) is 0 Å². The van der Waals surface area contributed by atoms with Crippen LogP contribution in [0.1, 0.15) is 31.4 Å². The molecule has 1 aliphatic carbocycles. The number of H-pyrrole nitrogens is 1. The third-order valence-electron chi connectivity index (χ3n) is 3.07. The Morgan fingerprint density at radius 3 is 3.00 bits per heavy atom. The van der Waals surface area contributed by atoms with Crippen LogP contribution < -0.4 is 5.73 Å². The van der Waals surface area contributed by atoms with Crippen LogP contribution >= 0.6 is 0 Å². The molecule has 2 heterocycles. The maximum Gasteiger partial charge on any atom is 0.158 e. The van der Waals surface area contributed by atoms with Gasteiger partial charge >= 0.3 is 0 Å². The Hall–Kier alpha value is -1.84. The van der Waals surface area contributed by atoms with Gasteiger partial charge in [-0.25, -0.2) is 4.98 Å². The van der Waals surface area contributed by atoms with Crippen molar-refractivity contribution in [3.05, 3.63) is 23.9 Å². The molecule has 1 aliphatic rings. The smallest absolute Gasteiger partial charge is 0.158 e. The van der Waals surface area contributed by atoms with Crippen LogP contribution in [0.2, 0.25) is 0 Å². The number of hydrogen-bond donors (Lipinski definition) is 2. The van der Waals surface area contributed by atoms with Crippen molar-refractivity contribution in [3.63, 3.8) is 0 Å². The summed E-state index contributed by atoms with van der Waals surface area (Å²) in [5, 5.41) is 7.71. The summed E-state index contributed by atoms with van der Waals surface area (Å²) in [6.45, 7) is 0. The number of nitrogen functional groups attached to an aromatic ring is 1. The number of rotatable bonds is 1. The van der Waals surface area contributed by atoms with Crippen molar-refractivity contribution in [1.82, 2.24) is 15.2 Å². The van der Waals surface area contributed by atoms with Crippen LogP contribution in [-0.4, -0.2) is 15.2 Å². The summed E-state index contributed by atoms with van der Waals surface area (Å²) in [6, 6.07) is 4.03. The maximum absolute atomic E-state index is 5.71. The van der Waals surface area contributed by atoms with Gasteiger partial charge in [-0.3, -0.25) is 5.10 Å². The number of fused-ring (bicyclic) bond motifs is 1. The van der Waals surface area contributed by atoms with Gasteiger partial charge in [-0.15, -0.1) is 0 Å². The second-order valence-corrected chi connectivity index (χ2v) is 4.18. The van der Waals surface area contributed by atoms with Crippen molar-refractivity contribution < 1.29 is 0 Å². The van der Waals surface area contributed by atoms with E-state index < -0.39 is 0 Å². The lowest BCUT2D eigenvalue weighted by Gasteiger charge is -2.11. The van der Waals surface area contributed by atoms with Crippen molar-refractivity contribution in [2.24, 2.45) is 0 Å². The van der Waals surface area contributed by atoms with Crippen LogP contribution in [0.5, 0.6) is 0 Å². The average molecular weight is 214 g/mol. The van der Waals surface area contributed by atoms with Crippen LogP contribution in [0.3, 0.4) is 0 Å². The van der Waals surface area contributed by atoms with E-state index in [0.717, 1.165) is 23.1 Å². The molecule has 3 rings (SSSR count). The largest absolute Gasteiger partial charge is 0.382 e. The van der Waals surface area contributed by atoms with Gasteiger partial charge in [0.05, 0.1) is 11.1 Å². The number of aromatic amines is 1. The summed E-state index contributed by atoms with van der Waals surface area (Å²) in [5.41, 5.74) is 8.89. The lowest BCUT2D eigenvalue weighted by Crippen LogP contribution is -1.95. The quantitative estimate of drug-likeness (QED) is 0.766. The normalized spacial score (nSPS) is 16.4. The van der Waals surface area contributed by atoms with E-state index in [1.807, 2.05) is 12.1 Å². The molecule has 0 aromatic carbocycles. The first-order valence-electron chi connectivity index (χ1n) is 5.64. The molecule has 0 bridgehead atoms. The summed E-state index contributed by atoms with van der Waals surface area (Å²) in [7, 11) is 0. The molecule has 3 N–H and O–H groups in total. The first-order chi connectivity index (χ1) is 7.84. The Morgan fingerprint density at radius 1 is 1.25 bits per heavy atom. The maximum atomic E-state index is 5.71. The second-order valence-electron chi connectivity index (χ2n) is 4.18. The molecule has 0 atom stereocenters. The second kappa shape index (κ2) is 3.63. The monoisotopic (exact) mass is 214 g/mol. The number of allylic oxidation sites excluding steroid dienone is 2. The highest BCUT2D eigenvalue weighted by Crippen LogP contribution is 2.27. The Kier molecular flexibility index (Phi) is 2.13. The van der Waals surface area contributed by atoms with E-state index in [0.29, 0.717) is 5.82 Å². The minimum absolute atomic E-state index is 0.520. The first-order valence-corrected chi connectivity index (χ1v) is 5.64. The number of nitrogens with zero attached hydrogens (tertiary/aromatic N) is 2. The van der Waals surface area contributed by atoms with Crippen LogP contribution in [0, 0.1) is 0 Å². The highest BCUT2D eigenvalue weighted by molar-refractivity contribution is 5.87. The minimum atomic E-state index is 0.520. The molecule has 0 saturated carbocycles. The third-order valence-corrected chi connectivity index (χ3v) is 3.07. The fraction of sp³-hybridized carbons (Fsp3) is 0.333. The molecule has 4 heteroatoms. The van der Waals surface area contributed by atoms with E-state index >= 15 is 0 Å². The highest BCUT2D eigenvalue weighted by Gasteiger charge is 2.10. The summed E-state index contributed by atoms with van der Waals surface area (Å²) in [5.74, 6) is 0.520. The van der Waals surface area contributed by atoms with E-state index in [4.69, 9.17) is 5.73 Å². The molecule has 0 aliphatic heterocycles. The van der Waals surface area contributed by atoms with Gasteiger partial charge in [-0.1, -0.05) is 6.08 Å². The molecule has 0 saturated heterocycles. The zero-order valence-corrected chi connectivity index (χ0v) is 9.03. The Labute approximate surface area is 93.6 Å². The van der Waals surface area contributed by atoms with Gasteiger partial charge in [0.25, 0.3) is 0 Å². The van der Waals surface area contributed by atoms with Gasteiger partial charge in [0, 0.05) is 0 Å². The summed E-state index contributed by atoms with van der Waals surface area (Å²) >= 11 is 0. The molecule has 16 heavy (non-hydrogen) atoms. The summed E-state index contributed by atoms with van der Waals surface area (Å²) in [6.07, 6.45) is 7.14. The Morgan fingerprint density at radius 2 is 2.19 bits per heavy atom. The van der Waals surface area contributed by atoms with Crippen LogP contribution in [0.15, 0.2) is 18.2 Å². The number of nitrogens with two attached hydrogens (primary N) is 1. The summed E-state index contributed by atoms with van der Waals surface area (Å²) < 4.78 is 0. The number of hydrogen-bond acceptors (Lipinski definition) is 3. The zero-order chi connectivity index (χ0) is 11.0. The van der Waals surface area contributed by atoms with Gasteiger partial charge in [0.2, 0.25) is 0 Å². The van der Waals surface area contributed by atoms with E-state index in [1.165, 1.54) is 24.8 Å². The lowest BCUT2D eigenvalue weighted by molar-refractivity contribution is 0.740. The van der Waals surface area contributed by atoms with Gasteiger partial charge < -0.3 is 5.73 Å². The molecule has 0 radical (unpaired) electrons. The molecule has 0 spiro atoms. The lowest BCUT2D eigenvalue weighted by atomic mass is 9.97. The Bertz CT molecular complexity index is 553. The molecular weight excluding hydrogens is 200 g/mol. The van der Waals surface area contributed by atoms with Gasteiger partial charge in [-0.2, -0.15) is 5.10 Å².